The van der Waals surface area contributed by atoms with Gasteiger partial charge in [0, 0.05) is 38.3 Å². The molecule has 0 atom stereocenters. The number of nitro benzene ring substituents is 1. The van der Waals surface area contributed by atoms with Gasteiger partial charge in [0.25, 0.3) is 5.69 Å². The van der Waals surface area contributed by atoms with Crippen LogP contribution < -0.4 is 10.6 Å². The number of carbonyl (C=O) groups is 2. The van der Waals surface area contributed by atoms with Gasteiger partial charge in [-0.25, -0.2) is 0 Å². The summed E-state index contributed by atoms with van der Waals surface area (Å²) in [7, 11) is 1.72. The Hall–Kier alpha value is -2.52. The second-order valence-corrected chi connectivity index (χ2v) is 7.58. The molecule has 1 heterocycles. The first-order chi connectivity index (χ1) is 13.2. The topological polar surface area (TPSA) is 114 Å². The first-order valence-corrected chi connectivity index (χ1v) is 9.26. The minimum Gasteiger partial charge on any atom is -0.381 e. The van der Waals surface area contributed by atoms with Crippen molar-refractivity contribution in [1.82, 2.24) is 10.2 Å². The molecule has 1 aromatic rings. The van der Waals surface area contributed by atoms with E-state index in [9.17, 15) is 19.7 Å². The third-order valence-corrected chi connectivity index (χ3v) is 5.27. The van der Waals surface area contributed by atoms with E-state index in [0.717, 1.165) is 25.9 Å². The summed E-state index contributed by atoms with van der Waals surface area (Å²) in [6.07, 6.45) is 2.13. The summed E-state index contributed by atoms with van der Waals surface area (Å²) < 4.78 is 5.38. The Morgan fingerprint density at radius 2 is 1.93 bits per heavy atom. The van der Waals surface area contributed by atoms with Gasteiger partial charge in [0.1, 0.15) is 0 Å². The molecule has 9 nitrogen and oxygen atoms in total. The van der Waals surface area contributed by atoms with Crippen LogP contribution in [0.2, 0.25) is 0 Å². The van der Waals surface area contributed by atoms with Crippen molar-refractivity contribution >= 4 is 23.2 Å². The molecule has 1 aliphatic rings. The molecule has 1 fully saturated rings. The van der Waals surface area contributed by atoms with Gasteiger partial charge in [-0.15, -0.1) is 0 Å². The summed E-state index contributed by atoms with van der Waals surface area (Å²) in [5.74, 6) is -1.62. The normalized spacial score (nSPS) is 15.9. The zero-order chi connectivity index (χ0) is 20.9. The van der Waals surface area contributed by atoms with Gasteiger partial charge in [0.05, 0.1) is 22.3 Å². The van der Waals surface area contributed by atoms with Gasteiger partial charge in [0.15, 0.2) is 0 Å². The summed E-state index contributed by atoms with van der Waals surface area (Å²) in [4.78, 5) is 37.1. The maximum Gasteiger partial charge on any atom is 0.313 e. The summed E-state index contributed by atoms with van der Waals surface area (Å²) in [5, 5.41) is 16.1. The Balaban J connectivity index is 1.91. The lowest BCUT2D eigenvalue weighted by Crippen LogP contribution is -2.55. The van der Waals surface area contributed by atoms with Crippen LogP contribution in [0.5, 0.6) is 0 Å². The lowest BCUT2D eigenvalue weighted by molar-refractivity contribution is -0.385. The van der Waals surface area contributed by atoms with Crippen LogP contribution in [0.25, 0.3) is 0 Å². The molecule has 0 aromatic heterocycles. The van der Waals surface area contributed by atoms with Crippen molar-refractivity contribution in [2.24, 2.45) is 0 Å². The van der Waals surface area contributed by atoms with Gasteiger partial charge in [-0.05, 0) is 39.7 Å². The van der Waals surface area contributed by atoms with E-state index in [1.165, 1.54) is 25.1 Å². The van der Waals surface area contributed by atoms with Crippen molar-refractivity contribution in [3.05, 3.63) is 33.9 Å². The van der Waals surface area contributed by atoms with E-state index in [0.29, 0.717) is 12.1 Å². The van der Waals surface area contributed by atoms with Crippen molar-refractivity contribution in [1.29, 1.82) is 0 Å². The molecule has 2 rings (SSSR count). The van der Waals surface area contributed by atoms with E-state index >= 15 is 0 Å². The van der Waals surface area contributed by atoms with Crippen LogP contribution >= 0.6 is 0 Å². The first kappa shape index (κ1) is 21.8. The van der Waals surface area contributed by atoms with Gasteiger partial charge in [-0.1, -0.05) is 6.07 Å². The summed E-state index contributed by atoms with van der Waals surface area (Å²) in [6, 6.07) is 4.34. The Morgan fingerprint density at radius 3 is 2.50 bits per heavy atom. The smallest absolute Gasteiger partial charge is 0.313 e. The number of nitrogens with zero attached hydrogens (tertiary/aromatic N) is 2. The number of likely N-dealkylation sites (tertiary alicyclic amines) is 1. The number of carbonyl (C=O) groups excluding carboxylic acids is 2. The van der Waals surface area contributed by atoms with Crippen LogP contribution in [0, 0.1) is 17.0 Å². The minimum atomic E-state index is -0.850. The summed E-state index contributed by atoms with van der Waals surface area (Å²) >= 11 is 0. The molecule has 0 aliphatic carbocycles. The van der Waals surface area contributed by atoms with Gasteiger partial charge in [-0.2, -0.15) is 0 Å². The Kier molecular flexibility index (Phi) is 7.09. The molecule has 9 heteroatoms. The van der Waals surface area contributed by atoms with E-state index in [1.54, 1.807) is 7.11 Å². The van der Waals surface area contributed by atoms with E-state index in [-0.39, 0.29) is 23.0 Å². The number of nitro groups is 1. The predicted molar refractivity (Wildman–Crippen MR) is 105 cm³/mol. The molecule has 1 saturated heterocycles. The molecule has 2 N–H and O–H groups in total. The zero-order valence-corrected chi connectivity index (χ0v) is 16.8. The first-order valence-electron chi connectivity index (χ1n) is 9.26. The fourth-order valence-corrected chi connectivity index (χ4v) is 3.32. The largest absolute Gasteiger partial charge is 0.381 e. The SMILES string of the molecule is COC1CCN(C(C)(C)CNC(=O)C(=O)Nc2cccc([N+](=O)[O-])c2C)CC1. The summed E-state index contributed by atoms with van der Waals surface area (Å²) in [5.41, 5.74) is 0.125. The molecule has 1 aromatic carbocycles. The Bertz CT molecular complexity index is 742. The van der Waals surface area contributed by atoms with Gasteiger partial charge in [0.2, 0.25) is 0 Å². The second kappa shape index (κ2) is 9.11. The van der Waals surface area contributed by atoms with Gasteiger partial charge in [-0.3, -0.25) is 24.6 Å². The van der Waals surface area contributed by atoms with Gasteiger partial charge < -0.3 is 15.4 Å². The highest BCUT2D eigenvalue weighted by Gasteiger charge is 2.31. The predicted octanol–water partition coefficient (Wildman–Crippen LogP) is 1.85. The van der Waals surface area contributed by atoms with E-state index in [2.05, 4.69) is 15.5 Å². The number of nitrogens with one attached hydrogen (secondary N) is 2. The third-order valence-electron chi connectivity index (χ3n) is 5.27. The van der Waals surface area contributed by atoms with Crippen molar-refractivity contribution < 1.29 is 19.2 Å². The number of rotatable bonds is 6. The van der Waals surface area contributed by atoms with Crippen molar-refractivity contribution in [3.63, 3.8) is 0 Å². The van der Waals surface area contributed by atoms with Crippen LogP contribution in [0.1, 0.15) is 32.3 Å². The fourth-order valence-electron chi connectivity index (χ4n) is 3.32. The Morgan fingerprint density at radius 1 is 1.29 bits per heavy atom. The fraction of sp³-hybridized carbons (Fsp3) is 0.579. The maximum absolute atomic E-state index is 12.2. The molecule has 0 unspecified atom stereocenters. The van der Waals surface area contributed by atoms with Gasteiger partial charge >= 0.3 is 11.8 Å². The van der Waals surface area contributed by atoms with Crippen molar-refractivity contribution in [2.45, 2.75) is 45.3 Å². The van der Waals surface area contributed by atoms with Crippen LogP contribution in [0.4, 0.5) is 11.4 Å². The minimum absolute atomic E-state index is 0.112. The number of amides is 2. The van der Waals surface area contributed by atoms with E-state index < -0.39 is 16.7 Å². The molecule has 0 spiro atoms. The van der Waals surface area contributed by atoms with Crippen LogP contribution in [-0.4, -0.2) is 60.0 Å². The molecule has 28 heavy (non-hydrogen) atoms. The van der Waals surface area contributed by atoms with E-state index in [1.807, 2.05) is 13.8 Å². The molecular formula is C19H28N4O5. The summed E-state index contributed by atoms with van der Waals surface area (Å²) in [6.45, 7) is 7.59. The highest BCUT2D eigenvalue weighted by Crippen LogP contribution is 2.25. The quantitative estimate of drug-likeness (QED) is 0.434. The Labute approximate surface area is 164 Å². The highest BCUT2D eigenvalue weighted by molar-refractivity contribution is 6.39. The lowest BCUT2D eigenvalue weighted by Gasteiger charge is -2.42. The second-order valence-electron chi connectivity index (χ2n) is 7.58. The number of hydrogen-bond acceptors (Lipinski definition) is 6. The molecule has 0 saturated carbocycles. The third kappa shape index (κ3) is 5.26. The average molecular weight is 392 g/mol. The molecule has 154 valence electrons. The average Bonchev–Trinajstić information content (AvgIpc) is 2.67. The lowest BCUT2D eigenvalue weighted by atomic mass is 9.97. The number of anilines is 1. The number of hydrogen-bond donors (Lipinski definition) is 2. The molecular weight excluding hydrogens is 364 g/mol. The highest BCUT2D eigenvalue weighted by atomic mass is 16.6. The molecule has 2 amide bonds. The zero-order valence-electron chi connectivity index (χ0n) is 16.8. The maximum atomic E-state index is 12.2. The monoisotopic (exact) mass is 392 g/mol. The standard InChI is InChI=1S/C19H28N4O5/c1-13-15(6-5-7-16(13)23(26)27)21-18(25)17(24)20-12-19(2,3)22-10-8-14(28-4)9-11-22/h5-7,14H,8-12H2,1-4H3,(H,20,24)(H,21,25). The number of methoxy groups -OCH3 is 1. The van der Waals surface area contributed by atoms with E-state index in [4.69, 9.17) is 4.74 Å². The van der Waals surface area contributed by atoms with Crippen LogP contribution in [0.15, 0.2) is 18.2 Å². The van der Waals surface area contributed by atoms with Crippen LogP contribution in [-0.2, 0) is 14.3 Å². The number of piperidine rings is 1. The molecule has 1 aliphatic heterocycles. The van der Waals surface area contributed by atoms with Crippen LogP contribution in [0.3, 0.4) is 0 Å². The number of ether oxygens (including phenoxy) is 1. The molecule has 0 radical (unpaired) electrons. The van der Waals surface area contributed by atoms with Crippen molar-refractivity contribution in [3.8, 4) is 0 Å². The molecule has 0 bridgehead atoms. The number of benzene rings is 1. The van der Waals surface area contributed by atoms with Crippen molar-refractivity contribution in [2.75, 3.05) is 32.1 Å².